The Balaban J connectivity index is 2.29. The molecule has 0 aromatic carbocycles. The first-order chi connectivity index (χ1) is 6.34. The number of aliphatic hydroxyl groups excluding tert-OH is 1. The highest BCUT2D eigenvalue weighted by Gasteiger charge is 2.19. The molecule has 0 aliphatic heterocycles. The third kappa shape index (κ3) is 3.80. The van der Waals surface area contributed by atoms with E-state index in [1.165, 1.54) is 19.3 Å². The van der Waals surface area contributed by atoms with Crippen LogP contribution in [0, 0.1) is 17.8 Å². The van der Waals surface area contributed by atoms with Gasteiger partial charge < -0.3 is 9.84 Å². The molecule has 0 amide bonds. The number of aliphatic hydroxyl groups is 1. The van der Waals surface area contributed by atoms with Crippen LogP contribution in [0.25, 0.3) is 0 Å². The molecule has 1 N–H and O–H groups in total. The molecule has 0 aromatic rings. The van der Waals surface area contributed by atoms with Crippen molar-refractivity contribution in [1.82, 2.24) is 0 Å². The van der Waals surface area contributed by atoms with Crippen molar-refractivity contribution in [2.75, 3.05) is 13.7 Å². The van der Waals surface area contributed by atoms with Crippen molar-refractivity contribution in [3.8, 4) is 11.8 Å². The zero-order chi connectivity index (χ0) is 9.52. The Hall–Kier alpha value is -0.520. The SMILES string of the molecule is COCC#CC(O)C1CCCCC1. The van der Waals surface area contributed by atoms with E-state index in [0.29, 0.717) is 12.5 Å². The minimum absolute atomic E-state index is 0.401. The van der Waals surface area contributed by atoms with Gasteiger partial charge in [-0.05, 0) is 18.8 Å². The molecule has 0 aromatic heterocycles. The van der Waals surface area contributed by atoms with Crippen molar-refractivity contribution in [3.05, 3.63) is 0 Å². The molecule has 0 saturated heterocycles. The van der Waals surface area contributed by atoms with Crippen LogP contribution in [0.1, 0.15) is 32.1 Å². The molecule has 1 rings (SSSR count). The van der Waals surface area contributed by atoms with Gasteiger partial charge in [0.25, 0.3) is 0 Å². The van der Waals surface area contributed by atoms with Crippen molar-refractivity contribution >= 4 is 0 Å². The highest BCUT2D eigenvalue weighted by atomic mass is 16.5. The van der Waals surface area contributed by atoms with E-state index in [0.717, 1.165) is 12.8 Å². The van der Waals surface area contributed by atoms with E-state index < -0.39 is 6.10 Å². The largest absolute Gasteiger partial charge is 0.380 e. The maximum absolute atomic E-state index is 9.67. The summed E-state index contributed by atoms with van der Waals surface area (Å²) in [4.78, 5) is 0. The molecule has 0 spiro atoms. The highest BCUT2D eigenvalue weighted by Crippen LogP contribution is 2.25. The monoisotopic (exact) mass is 182 g/mol. The summed E-state index contributed by atoms with van der Waals surface area (Å²) in [6, 6.07) is 0. The molecule has 2 nitrogen and oxygen atoms in total. The van der Waals surface area contributed by atoms with E-state index in [-0.39, 0.29) is 0 Å². The molecule has 1 aliphatic carbocycles. The summed E-state index contributed by atoms with van der Waals surface area (Å²) >= 11 is 0. The lowest BCUT2D eigenvalue weighted by molar-refractivity contribution is 0.132. The second-order valence-corrected chi connectivity index (χ2v) is 3.60. The summed E-state index contributed by atoms with van der Waals surface area (Å²) in [6.07, 6.45) is 5.62. The molecule has 2 heteroatoms. The maximum atomic E-state index is 9.67. The quantitative estimate of drug-likeness (QED) is 0.657. The summed E-state index contributed by atoms with van der Waals surface area (Å²) in [7, 11) is 1.61. The van der Waals surface area contributed by atoms with Crippen LogP contribution >= 0.6 is 0 Å². The molecule has 1 fully saturated rings. The number of rotatable bonds is 2. The fraction of sp³-hybridized carbons (Fsp3) is 0.818. The van der Waals surface area contributed by atoms with Gasteiger partial charge in [-0.3, -0.25) is 0 Å². The van der Waals surface area contributed by atoms with Crippen LogP contribution in [0.2, 0.25) is 0 Å². The van der Waals surface area contributed by atoms with Crippen LogP contribution in [-0.2, 0) is 4.74 Å². The van der Waals surface area contributed by atoms with Gasteiger partial charge in [-0.2, -0.15) is 0 Å². The van der Waals surface area contributed by atoms with E-state index >= 15 is 0 Å². The van der Waals surface area contributed by atoms with Gasteiger partial charge in [0.1, 0.15) is 12.7 Å². The van der Waals surface area contributed by atoms with Crippen LogP contribution in [0.4, 0.5) is 0 Å². The molecule has 13 heavy (non-hydrogen) atoms. The second kappa shape index (κ2) is 6.01. The predicted octanol–water partition coefficient (Wildman–Crippen LogP) is 1.58. The summed E-state index contributed by atoms with van der Waals surface area (Å²) in [6.45, 7) is 0.420. The molecule has 0 radical (unpaired) electrons. The second-order valence-electron chi connectivity index (χ2n) is 3.60. The van der Waals surface area contributed by atoms with Crippen molar-refractivity contribution in [2.45, 2.75) is 38.2 Å². The molecule has 1 saturated carbocycles. The minimum Gasteiger partial charge on any atom is -0.380 e. The third-order valence-electron chi connectivity index (χ3n) is 2.56. The Bertz CT molecular complexity index is 184. The van der Waals surface area contributed by atoms with E-state index in [9.17, 15) is 5.11 Å². The summed E-state index contributed by atoms with van der Waals surface area (Å²) in [5.41, 5.74) is 0. The molecule has 1 unspecified atom stereocenters. The average molecular weight is 182 g/mol. The van der Waals surface area contributed by atoms with E-state index in [4.69, 9.17) is 4.74 Å². The van der Waals surface area contributed by atoms with Crippen LogP contribution < -0.4 is 0 Å². The van der Waals surface area contributed by atoms with E-state index in [1.807, 2.05) is 0 Å². The lowest BCUT2D eigenvalue weighted by atomic mass is 9.85. The van der Waals surface area contributed by atoms with Gasteiger partial charge in [0.2, 0.25) is 0 Å². The van der Waals surface area contributed by atoms with E-state index in [2.05, 4.69) is 11.8 Å². The Morgan fingerprint density at radius 2 is 2.08 bits per heavy atom. The fourth-order valence-corrected chi connectivity index (χ4v) is 1.79. The smallest absolute Gasteiger partial charge is 0.117 e. The third-order valence-corrected chi connectivity index (χ3v) is 2.56. The van der Waals surface area contributed by atoms with Crippen LogP contribution in [0.3, 0.4) is 0 Å². The molecular formula is C11H18O2. The number of hydrogen-bond donors (Lipinski definition) is 1. The molecule has 0 heterocycles. The Morgan fingerprint density at radius 3 is 2.69 bits per heavy atom. The van der Waals surface area contributed by atoms with Crippen molar-refractivity contribution < 1.29 is 9.84 Å². The lowest BCUT2D eigenvalue weighted by Crippen LogP contribution is -2.21. The first-order valence-corrected chi connectivity index (χ1v) is 5.00. The predicted molar refractivity (Wildman–Crippen MR) is 52.2 cm³/mol. The first kappa shape index (κ1) is 10.6. The van der Waals surface area contributed by atoms with Gasteiger partial charge in [-0.1, -0.05) is 31.1 Å². The Labute approximate surface area is 80.3 Å². The van der Waals surface area contributed by atoms with Crippen LogP contribution in [-0.4, -0.2) is 24.9 Å². The van der Waals surface area contributed by atoms with Gasteiger partial charge in [-0.25, -0.2) is 0 Å². The molecule has 1 aliphatic rings. The zero-order valence-corrected chi connectivity index (χ0v) is 8.25. The van der Waals surface area contributed by atoms with E-state index in [1.54, 1.807) is 7.11 Å². The number of methoxy groups -OCH3 is 1. The maximum Gasteiger partial charge on any atom is 0.117 e. The van der Waals surface area contributed by atoms with Crippen molar-refractivity contribution in [1.29, 1.82) is 0 Å². The van der Waals surface area contributed by atoms with Crippen LogP contribution in [0.15, 0.2) is 0 Å². The fourth-order valence-electron chi connectivity index (χ4n) is 1.79. The Morgan fingerprint density at radius 1 is 1.38 bits per heavy atom. The normalized spacial score (nSPS) is 20.5. The summed E-state index contributed by atoms with van der Waals surface area (Å²) < 4.78 is 4.79. The average Bonchev–Trinajstić information content (AvgIpc) is 2.19. The van der Waals surface area contributed by atoms with Gasteiger partial charge in [-0.15, -0.1) is 0 Å². The van der Waals surface area contributed by atoms with Gasteiger partial charge in [0.15, 0.2) is 0 Å². The lowest BCUT2D eigenvalue weighted by Gasteiger charge is -2.23. The topological polar surface area (TPSA) is 29.5 Å². The standard InChI is InChI=1S/C11H18O2/c1-13-9-5-8-11(12)10-6-3-2-4-7-10/h10-12H,2-4,6-7,9H2,1H3. The number of ether oxygens (including phenoxy) is 1. The number of hydrogen-bond acceptors (Lipinski definition) is 2. The molecule has 0 bridgehead atoms. The molecular weight excluding hydrogens is 164 g/mol. The minimum atomic E-state index is -0.435. The summed E-state index contributed by atoms with van der Waals surface area (Å²) in [5.74, 6) is 6.04. The van der Waals surface area contributed by atoms with Gasteiger partial charge >= 0.3 is 0 Å². The van der Waals surface area contributed by atoms with Gasteiger partial charge in [0, 0.05) is 7.11 Å². The molecule has 74 valence electrons. The van der Waals surface area contributed by atoms with Crippen molar-refractivity contribution in [3.63, 3.8) is 0 Å². The zero-order valence-electron chi connectivity index (χ0n) is 8.25. The molecule has 1 atom stereocenters. The highest BCUT2D eigenvalue weighted by molar-refractivity contribution is 5.06. The van der Waals surface area contributed by atoms with Crippen LogP contribution in [0.5, 0.6) is 0 Å². The summed E-state index contributed by atoms with van der Waals surface area (Å²) in [5, 5.41) is 9.67. The van der Waals surface area contributed by atoms with Gasteiger partial charge in [0.05, 0.1) is 0 Å². The van der Waals surface area contributed by atoms with Crippen molar-refractivity contribution in [2.24, 2.45) is 5.92 Å². The Kier molecular flexibility index (Phi) is 4.88. The first-order valence-electron chi connectivity index (χ1n) is 5.00.